The first-order valence-corrected chi connectivity index (χ1v) is 31.0. The third-order valence-corrected chi connectivity index (χ3v) is 18.2. The van der Waals surface area contributed by atoms with Crippen molar-refractivity contribution in [2.24, 2.45) is 0 Å². The fraction of sp³-hybridized carbons (Fsp3) is 0. The van der Waals surface area contributed by atoms with Crippen molar-refractivity contribution >= 4 is 111 Å². The van der Waals surface area contributed by atoms with Crippen LogP contribution in [0.1, 0.15) is 0 Å². The van der Waals surface area contributed by atoms with Crippen LogP contribution in [0.4, 0.5) is 34.1 Å². The molecule has 0 aliphatic carbocycles. The van der Waals surface area contributed by atoms with Crippen LogP contribution in [0.15, 0.2) is 340 Å². The Morgan fingerprint density at radius 1 is 0.211 bits per heavy atom. The first-order chi connectivity index (χ1) is 44.6. The highest BCUT2D eigenvalue weighted by Crippen LogP contribution is 2.52. The maximum Gasteiger partial charge on any atom is 0.0888 e. The number of hydrogen-bond acceptors (Lipinski definition) is 2. The van der Waals surface area contributed by atoms with E-state index in [1.165, 1.54) is 27.1 Å². The second-order valence-electron chi connectivity index (χ2n) is 23.0. The molecule has 0 spiro atoms. The molecule has 17 aromatic rings. The summed E-state index contributed by atoms with van der Waals surface area (Å²) >= 11 is 8.66. The fourth-order valence-electron chi connectivity index (χ4n) is 13.8. The molecule has 0 unspecified atom stereocenters. The molecular formula is C84H56ClN5. The van der Waals surface area contributed by atoms with Crippen LogP contribution in [-0.2, 0) is 0 Å². The normalized spacial score (nSPS) is 11.6. The average Bonchev–Trinajstić information content (AvgIpc) is 1.66. The molecule has 0 bridgehead atoms. The summed E-state index contributed by atoms with van der Waals surface area (Å²) in [7, 11) is 0. The van der Waals surface area contributed by atoms with E-state index in [4.69, 9.17) is 11.6 Å². The molecule has 0 atom stereocenters. The third kappa shape index (κ3) is 8.85. The zero-order chi connectivity index (χ0) is 59.7. The molecule has 6 heteroatoms. The van der Waals surface area contributed by atoms with Crippen molar-refractivity contribution in [2.75, 3.05) is 9.80 Å². The van der Waals surface area contributed by atoms with Crippen LogP contribution in [0.3, 0.4) is 0 Å². The molecule has 0 amide bonds. The number of aromatic nitrogens is 3. The van der Waals surface area contributed by atoms with Gasteiger partial charge in [-0.25, -0.2) is 0 Å². The Bertz CT molecular complexity index is 5440. The SMILES string of the molecule is Clc1c(N(c2ccc(-c3ccccc3)cc2)c2cccc(-n3c4ccccc4c4ccccc43)c2)cc(-n2c3ccccc3c3ccccc32)cc1N(c1ccc(-c2ccccc2)cc1)c1cccc2c1c1ccccc1n2-c1cccc(-c2ccccc2)c1. The largest absolute Gasteiger partial charge is 0.309 e. The van der Waals surface area contributed by atoms with Gasteiger partial charge in [-0.3, -0.25) is 0 Å². The van der Waals surface area contributed by atoms with Crippen molar-refractivity contribution in [2.45, 2.75) is 0 Å². The lowest BCUT2D eigenvalue weighted by atomic mass is 10.0. The second-order valence-corrected chi connectivity index (χ2v) is 23.4. The number of rotatable bonds is 12. The number of anilines is 6. The Hall–Kier alpha value is -11.6. The van der Waals surface area contributed by atoms with Gasteiger partial charge in [0.1, 0.15) is 0 Å². The molecule has 0 aliphatic rings. The minimum absolute atomic E-state index is 0.567. The summed E-state index contributed by atoms with van der Waals surface area (Å²) in [5.74, 6) is 0. The van der Waals surface area contributed by atoms with Crippen LogP contribution in [0, 0.1) is 0 Å². The van der Waals surface area contributed by atoms with Crippen LogP contribution < -0.4 is 9.80 Å². The number of fused-ring (bicyclic) bond motifs is 9. The molecule has 3 heterocycles. The van der Waals surface area contributed by atoms with Gasteiger partial charge in [-0.05, 0) is 143 Å². The Labute approximate surface area is 526 Å². The van der Waals surface area contributed by atoms with E-state index in [1.807, 2.05) is 0 Å². The van der Waals surface area contributed by atoms with Crippen molar-refractivity contribution in [3.63, 3.8) is 0 Å². The van der Waals surface area contributed by atoms with Gasteiger partial charge >= 0.3 is 0 Å². The molecule has 0 saturated heterocycles. The van der Waals surface area contributed by atoms with E-state index in [0.29, 0.717) is 5.02 Å². The van der Waals surface area contributed by atoms with E-state index in [2.05, 4.69) is 363 Å². The van der Waals surface area contributed by atoms with Crippen LogP contribution in [-0.4, -0.2) is 13.7 Å². The van der Waals surface area contributed by atoms with Crippen LogP contribution in [0.25, 0.3) is 116 Å². The van der Waals surface area contributed by atoms with E-state index < -0.39 is 0 Å². The summed E-state index contributed by atoms with van der Waals surface area (Å²) in [6, 6.07) is 123. The summed E-state index contributed by atoms with van der Waals surface area (Å²) in [6.45, 7) is 0. The van der Waals surface area contributed by atoms with Gasteiger partial charge in [0.15, 0.2) is 0 Å². The van der Waals surface area contributed by atoms with Crippen LogP contribution >= 0.6 is 11.6 Å². The van der Waals surface area contributed by atoms with Crippen molar-refractivity contribution in [3.8, 4) is 50.4 Å². The van der Waals surface area contributed by atoms with E-state index in [9.17, 15) is 0 Å². The fourth-order valence-corrected chi connectivity index (χ4v) is 14.1. The van der Waals surface area contributed by atoms with Gasteiger partial charge in [-0.15, -0.1) is 0 Å². The summed E-state index contributed by atoms with van der Waals surface area (Å²) < 4.78 is 7.23. The quantitative estimate of drug-likeness (QED) is 0.122. The maximum atomic E-state index is 8.66. The van der Waals surface area contributed by atoms with Crippen LogP contribution in [0.2, 0.25) is 5.02 Å². The van der Waals surface area contributed by atoms with Gasteiger partial charge in [0.25, 0.3) is 0 Å². The zero-order valence-electron chi connectivity index (χ0n) is 48.9. The molecule has 424 valence electrons. The first kappa shape index (κ1) is 52.7. The molecule has 14 aromatic carbocycles. The second kappa shape index (κ2) is 22.0. The molecule has 5 nitrogen and oxygen atoms in total. The van der Waals surface area contributed by atoms with Gasteiger partial charge in [0.05, 0.1) is 60.9 Å². The smallest absolute Gasteiger partial charge is 0.0888 e. The number of hydrogen-bond donors (Lipinski definition) is 0. The van der Waals surface area contributed by atoms with Crippen molar-refractivity contribution in [1.82, 2.24) is 13.7 Å². The summed E-state index contributed by atoms with van der Waals surface area (Å²) in [5.41, 5.74) is 21.9. The Kier molecular flexibility index (Phi) is 12.8. The highest BCUT2D eigenvalue weighted by Gasteiger charge is 2.29. The zero-order valence-corrected chi connectivity index (χ0v) is 49.7. The lowest BCUT2D eigenvalue weighted by molar-refractivity contribution is 1.15. The molecule has 17 rings (SSSR count). The highest BCUT2D eigenvalue weighted by molar-refractivity contribution is 6.37. The number of halogens is 1. The summed E-state index contributed by atoms with van der Waals surface area (Å²) in [4.78, 5) is 4.76. The molecule has 0 fully saturated rings. The Morgan fingerprint density at radius 2 is 0.556 bits per heavy atom. The summed E-state index contributed by atoms with van der Waals surface area (Å²) in [6.07, 6.45) is 0. The van der Waals surface area contributed by atoms with Crippen LogP contribution in [0.5, 0.6) is 0 Å². The first-order valence-electron chi connectivity index (χ1n) is 30.6. The monoisotopic (exact) mass is 1170 g/mol. The standard InChI is InChI=1S/C84H56ClN5/c85-84-81(86(63-49-45-60(46-50-63)57-23-4-1-5-24-57)66-31-21-32-67(54-66)88-74-38-15-10-33-69(74)70-34-11-16-39-75(70)88)55-68(90-76-40-17-12-35-71(76)72-36-13-18-41-77(72)90)56-82(84)87(64-51-47-61(48-52-64)58-25-6-2-7-26-58)79-43-22-44-80-83(79)73-37-14-19-42-78(73)89(80)65-30-20-29-62(53-65)59-27-8-3-9-28-59/h1-56H. The predicted molar refractivity (Wildman–Crippen MR) is 380 cm³/mol. The number of para-hydroxylation sites is 5. The third-order valence-electron chi connectivity index (χ3n) is 17.9. The van der Waals surface area contributed by atoms with Gasteiger partial charge in [-0.1, -0.05) is 242 Å². The molecule has 0 N–H and O–H groups in total. The highest BCUT2D eigenvalue weighted by atomic mass is 35.5. The maximum absolute atomic E-state index is 8.66. The van der Waals surface area contributed by atoms with Gasteiger partial charge in [0.2, 0.25) is 0 Å². The number of benzene rings is 14. The lowest BCUT2D eigenvalue weighted by Gasteiger charge is -2.32. The molecule has 0 saturated carbocycles. The minimum Gasteiger partial charge on any atom is -0.309 e. The molecular weight excluding hydrogens is 1110 g/mol. The predicted octanol–water partition coefficient (Wildman–Crippen LogP) is 23.6. The van der Waals surface area contributed by atoms with E-state index >= 15 is 0 Å². The van der Waals surface area contributed by atoms with Crippen molar-refractivity contribution < 1.29 is 0 Å². The Morgan fingerprint density at radius 3 is 1.07 bits per heavy atom. The van der Waals surface area contributed by atoms with Gasteiger partial charge < -0.3 is 23.5 Å². The Balaban J connectivity index is 0.967. The van der Waals surface area contributed by atoms with Crippen molar-refractivity contribution in [1.29, 1.82) is 0 Å². The molecule has 90 heavy (non-hydrogen) atoms. The molecule has 3 aromatic heterocycles. The van der Waals surface area contributed by atoms with Gasteiger partial charge in [-0.2, -0.15) is 0 Å². The van der Waals surface area contributed by atoms with Gasteiger partial charge in [0, 0.05) is 60.8 Å². The number of nitrogens with zero attached hydrogens (tertiary/aromatic N) is 5. The lowest BCUT2D eigenvalue weighted by Crippen LogP contribution is -2.16. The van der Waals surface area contributed by atoms with E-state index in [1.54, 1.807) is 0 Å². The topological polar surface area (TPSA) is 21.3 Å². The van der Waals surface area contributed by atoms with Crippen molar-refractivity contribution in [3.05, 3.63) is 345 Å². The molecule has 0 radical (unpaired) electrons. The minimum atomic E-state index is 0.567. The van der Waals surface area contributed by atoms with E-state index in [-0.39, 0.29) is 0 Å². The average molecular weight is 1170 g/mol. The molecule has 0 aliphatic heterocycles. The summed E-state index contributed by atoms with van der Waals surface area (Å²) in [5, 5.41) is 7.52. The van der Waals surface area contributed by atoms with E-state index in [0.717, 1.165) is 123 Å².